The molecular formula is C18H14F3N3O5. The maximum absolute atomic E-state index is 13.2. The fraction of sp³-hybridized carbons (Fsp3) is 0.222. The van der Waals surface area contributed by atoms with Crippen molar-refractivity contribution >= 4 is 17.8 Å². The van der Waals surface area contributed by atoms with E-state index in [4.69, 9.17) is 4.74 Å². The minimum atomic E-state index is -5.07. The van der Waals surface area contributed by atoms with E-state index in [2.05, 4.69) is 5.10 Å². The molecule has 0 spiro atoms. The molecule has 11 heteroatoms. The van der Waals surface area contributed by atoms with Crippen LogP contribution in [0.4, 0.5) is 18.9 Å². The number of rotatable bonds is 5. The number of non-ortho nitro benzene ring substituents is 1. The second-order valence-electron chi connectivity index (χ2n) is 6.17. The normalized spacial score (nSPS) is 18.7. The Labute approximate surface area is 162 Å². The van der Waals surface area contributed by atoms with Crippen LogP contribution < -0.4 is 4.74 Å². The monoisotopic (exact) mass is 409 g/mol. The number of amides is 1. The molecule has 1 aliphatic heterocycles. The van der Waals surface area contributed by atoms with E-state index in [1.807, 2.05) is 0 Å². The van der Waals surface area contributed by atoms with Crippen LogP contribution in [0, 0.1) is 10.1 Å². The molecule has 2 aromatic carbocycles. The van der Waals surface area contributed by atoms with E-state index in [9.17, 15) is 33.2 Å². The number of aliphatic hydroxyl groups is 1. The first kappa shape index (κ1) is 20.3. The van der Waals surface area contributed by atoms with Gasteiger partial charge in [-0.1, -0.05) is 12.1 Å². The second-order valence-corrected chi connectivity index (χ2v) is 6.17. The number of ether oxygens (including phenoxy) is 1. The predicted octanol–water partition coefficient (Wildman–Crippen LogP) is 3.26. The van der Waals surface area contributed by atoms with Gasteiger partial charge in [0.25, 0.3) is 17.3 Å². The maximum Gasteiger partial charge on any atom is 0.438 e. The number of carbonyl (C=O) groups excluding carboxylic acids is 1. The number of benzene rings is 2. The molecule has 0 saturated heterocycles. The van der Waals surface area contributed by atoms with Crippen molar-refractivity contribution in [3.63, 3.8) is 0 Å². The van der Waals surface area contributed by atoms with Crippen molar-refractivity contribution in [2.75, 3.05) is 0 Å². The highest BCUT2D eigenvalue weighted by Gasteiger charge is 2.61. The molecule has 3 rings (SSSR count). The summed E-state index contributed by atoms with van der Waals surface area (Å²) < 4.78 is 44.9. The predicted molar refractivity (Wildman–Crippen MR) is 94.2 cm³/mol. The summed E-state index contributed by atoms with van der Waals surface area (Å²) in [6.07, 6.45) is -5.10. The van der Waals surface area contributed by atoms with Crippen molar-refractivity contribution in [1.82, 2.24) is 5.01 Å². The van der Waals surface area contributed by atoms with E-state index in [0.29, 0.717) is 11.3 Å². The van der Waals surface area contributed by atoms with Gasteiger partial charge in [-0.05, 0) is 29.8 Å². The lowest BCUT2D eigenvalue weighted by atomic mass is 10.1. The van der Waals surface area contributed by atoms with Gasteiger partial charge in [-0.3, -0.25) is 14.9 Å². The largest absolute Gasteiger partial charge is 0.489 e. The summed E-state index contributed by atoms with van der Waals surface area (Å²) in [6.45, 7) is -0.0360. The van der Waals surface area contributed by atoms with Crippen LogP contribution in [-0.4, -0.2) is 39.1 Å². The van der Waals surface area contributed by atoms with Crippen LogP contribution in [0.2, 0.25) is 0 Å². The molecule has 152 valence electrons. The van der Waals surface area contributed by atoms with E-state index in [1.54, 1.807) is 6.07 Å². The number of hydrogen-bond donors (Lipinski definition) is 1. The van der Waals surface area contributed by atoms with Crippen molar-refractivity contribution in [3.8, 4) is 5.75 Å². The Kier molecular flexibility index (Phi) is 5.25. The summed E-state index contributed by atoms with van der Waals surface area (Å²) in [5.74, 6) is -0.779. The zero-order valence-electron chi connectivity index (χ0n) is 14.7. The third-order valence-electron chi connectivity index (χ3n) is 4.20. The van der Waals surface area contributed by atoms with E-state index in [-0.39, 0.29) is 22.9 Å². The van der Waals surface area contributed by atoms with E-state index >= 15 is 0 Å². The Bertz CT molecular complexity index is 962. The lowest BCUT2D eigenvalue weighted by molar-refractivity contribution is -0.384. The Morgan fingerprint density at radius 1 is 1.28 bits per heavy atom. The van der Waals surface area contributed by atoms with Crippen LogP contribution in [0.3, 0.4) is 0 Å². The van der Waals surface area contributed by atoms with Gasteiger partial charge in [0.2, 0.25) is 0 Å². The number of nitro groups is 1. The van der Waals surface area contributed by atoms with Crippen molar-refractivity contribution in [1.29, 1.82) is 0 Å². The molecule has 0 unspecified atom stereocenters. The number of hydrazone groups is 1. The Morgan fingerprint density at radius 2 is 1.97 bits per heavy atom. The Morgan fingerprint density at radius 3 is 2.59 bits per heavy atom. The fourth-order valence-corrected chi connectivity index (χ4v) is 2.64. The van der Waals surface area contributed by atoms with Gasteiger partial charge in [0.1, 0.15) is 12.4 Å². The van der Waals surface area contributed by atoms with Gasteiger partial charge in [-0.2, -0.15) is 23.3 Å². The summed E-state index contributed by atoms with van der Waals surface area (Å²) in [7, 11) is 0. The summed E-state index contributed by atoms with van der Waals surface area (Å²) >= 11 is 0. The van der Waals surface area contributed by atoms with Gasteiger partial charge >= 0.3 is 6.18 Å². The Balaban J connectivity index is 1.73. The maximum atomic E-state index is 13.2. The highest BCUT2D eigenvalue weighted by Crippen LogP contribution is 2.39. The molecule has 8 nitrogen and oxygen atoms in total. The van der Waals surface area contributed by atoms with E-state index in [0.717, 1.165) is 6.21 Å². The van der Waals surface area contributed by atoms with Crippen molar-refractivity contribution < 1.29 is 32.7 Å². The zero-order valence-corrected chi connectivity index (χ0v) is 14.7. The average Bonchev–Trinajstić information content (AvgIpc) is 3.09. The molecule has 1 N–H and O–H groups in total. The number of halogens is 3. The summed E-state index contributed by atoms with van der Waals surface area (Å²) in [5, 5.41) is 23.9. The van der Waals surface area contributed by atoms with Gasteiger partial charge in [0, 0.05) is 30.3 Å². The molecule has 0 radical (unpaired) electrons. The van der Waals surface area contributed by atoms with Crippen LogP contribution in [-0.2, 0) is 6.61 Å². The molecule has 0 aromatic heterocycles. The van der Waals surface area contributed by atoms with Crippen LogP contribution in [0.15, 0.2) is 53.6 Å². The summed E-state index contributed by atoms with van der Waals surface area (Å²) in [6, 6.07) is 11.0. The van der Waals surface area contributed by atoms with Crippen molar-refractivity contribution in [2.45, 2.75) is 24.9 Å². The van der Waals surface area contributed by atoms with Crippen molar-refractivity contribution in [2.24, 2.45) is 5.10 Å². The third kappa shape index (κ3) is 4.04. The highest BCUT2D eigenvalue weighted by atomic mass is 19.4. The smallest absolute Gasteiger partial charge is 0.438 e. The topological polar surface area (TPSA) is 105 Å². The average molecular weight is 409 g/mol. The highest BCUT2D eigenvalue weighted by molar-refractivity contribution is 5.96. The number of nitrogens with zero attached hydrogens (tertiary/aromatic N) is 3. The van der Waals surface area contributed by atoms with Crippen LogP contribution >= 0.6 is 0 Å². The van der Waals surface area contributed by atoms with Gasteiger partial charge in [-0.15, -0.1) is 0 Å². The number of hydrogen-bond acceptors (Lipinski definition) is 6. The van der Waals surface area contributed by atoms with Crippen molar-refractivity contribution in [3.05, 3.63) is 69.8 Å². The molecule has 29 heavy (non-hydrogen) atoms. The zero-order chi connectivity index (χ0) is 21.2. The summed E-state index contributed by atoms with van der Waals surface area (Å²) in [5.41, 5.74) is -3.15. The first-order chi connectivity index (χ1) is 13.6. The molecule has 2 aromatic rings. The lowest BCUT2D eigenvalue weighted by Gasteiger charge is -2.32. The van der Waals surface area contributed by atoms with Crippen LogP contribution in [0.1, 0.15) is 22.3 Å². The molecule has 1 amide bonds. The quantitative estimate of drug-likeness (QED) is 0.603. The molecule has 1 aliphatic rings. The standard InChI is InChI=1S/C18H14F3N3O5/c19-18(20,21)17(26)8-9-22-23(17)16(25)13-3-1-2-12(10-13)11-29-15-6-4-14(5-7-15)24(27)28/h1-7,9-10,26H,8,11H2/t17-/m1/s1. The minimum Gasteiger partial charge on any atom is -0.489 e. The van der Waals surface area contributed by atoms with Crippen LogP contribution in [0.25, 0.3) is 0 Å². The van der Waals surface area contributed by atoms with E-state index in [1.165, 1.54) is 42.5 Å². The van der Waals surface area contributed by atoms with Gasteiger partial charge < -0.3 is 9.84 Å². The second kappa shape index (κ2) is 7.51. The number of alkyl halides is 3. The molecular weight excluding hydrogens is 395 g/mol. The SMILES string of the molecule is O=C(c1cccc(COc2ccc([N+](=O)[O-])cc2)c1)N1N=CC[C@@]1(O)C(F)(F)F. The molecule has 1 atom stereocenters. The molecule has 0 fully saturated rings. The minimum absolute atomic E-state index is 0.0172. The molecule has 0 bridgehead atoms. The Hall–Kier alpha value is -3.47. The van der Waals surface area contributed by atoms with Gasteiger partial charge in [0.15, 0.2) is 0 Å². The fourth-order valence-electron chi connectivity index (χ4n) is 2.64. The first-order valence-corrected chi connectivity index (χ1v) is 8.24. The van der Waals surface area contributed by atoms with E-state index < -0.39 is 29.2 Å². The molecule has 0 saturated carbocycles. The van der Waals surface area contributed by atoms with Crippen LogP contribution in [0.5, 0.6) is 5.75 Å². The third-order valence-corrected chi connectivity index (χ3v) is 4.20. The summed E-state index contributed by atoms with van der Waals surface area (Å²) in [4.78, 5) is 22.6. The van der Waals surface area contributed by atoms with Gasteiger partial charge in [0.05, 0.1) is 4.92 Å². The molecule has 0 aliphatic carbocycles. The lowest BCUT2D eigenvalue weighted by Crippen LogP contribution is -2.56. The number of nitro benzene ring substituents is 1. The molecule has 1 heterocycles. The first-order valence-electron chi connectivity index (χ1n) is 8.24. The van der Waals surface area contributed by atoms with Gasteiger partial charge in [-0.25, -0.2) is 0 Å². The number of carbonyl (C=O) groups is 1.